The quantitative estimate of drug-likeness (QED) is 0.668. The van der Waals surface area contributed by atoms with Crippen molar-refractivity contribution in [3.8, 4) is 0 Å². The summed E-state index contributed by atoms with van der Waals surface area (Å²) in [6.07, 6.45) is 9.49. The molecule has 2 saturated carbocycles. The lowest BCUT2D eigenvalue weighted by Crippen LogP contribution is -2.30. The predicted octanol–water partition coefficient (Wildman–Crippen LogP) is 2.55. The largest absolute Gasteiger partial charge is 0.381 e. The third-order valence-corrected chi connectivity index (χ3v) is 5.35. The average molecular weight is 347 g/mol. The maximum Gasteiger partial charge on any atom is 0.254 e. The second kappa shape index (κ2) is 7.99. The number of nitrogens with zero attached hydrogens (tertiary/aromatic N) is 2. The van der Waals surface area contributed by atoms with Gasteiger partial charge in [0.2, 0.25) is 5.95 Å². The van der Waals surface area contributed by atoms with Crippen molar-refractivity contribution in [2.24, 2.45) is 11.7 Å². The Morgan fingerprint density at radius 2 is 2.04 bits per heavy atom. The van der Waals surface area contributed by atoms with Crippen LogP contribution in [0.4, 0.5) is 11.8 Å². The summed E-state index contributed by atoms with van der Waals surface area (Å²) in [5.41, 5.74) is 5.85. The van der Waals surface area contributed by atoms with Gasteiger partial charge in [-0.2, -0.15) is 4.98 Å². The van der Waals surface area contributed by atoms with E-state index in [-0.39, 0.29) is 0 Å². The summed E-state index contributed by atoms with van der Waals surface area (Å²) in [4.78, 5) is 20.6. The van der Waals surface area contributed by atoms with Crippen LogP contribution in [0.1, 0.15) is 62.2 Å². The topological polar surface area (TPSA) is 102 Å². The van der Waals surface area contributed by atoms with E-state index in [1.807, 2.05) is 0 Å². The summed E-state index contributed by atoms with van der Waals surface area (Å²) in [7, 11) is 1.77. The molecule has 0 aromatic carbocycles. The van der Waals surface area contributed by atoms with Crippen molar-refractivity contribution >= 4 is 17.7 Å². The number of carbonyl (C=O) groups excluding carboxylic acids is 1. The second-order valence-electron chi connectivity index (χ2n) is 7.17. The molecule has 0 radical (unpaired) electrons. The summed E-state index contributed by atoms with van der Waals surface area (Å²) >= 11 is 0. The van der Waals surface area contributed by atoms with Gasteiger partial charge in [-0.05, 0) is 50.9 Å². The minimum Gasteiger partial charge on any atom is -0.381 e. The van der Waals surface area contributed by atoms with Gasteiger partial charge in [0.1, 0.15) is 5.82 Å². The van der Waals surface area contributed by atoms with Crippen LogP contribution >= 0.6 is 0 Å². The van der Waals surface area contributed by atoms with E-state index in [1.54, 1.807) is 7.11 Å². The van der Waals surface area contributed by atoms with Crippen molar-refractivity contribution < 1.29 is 9.53 Å². The van der Waals surface area contributed by atoms with Crippen LogP contribution in [0.2, 0.25) is 0 Å². The van der Waals surface area contributed by atoms with E-state index in [0.717, 1.165) is 32.1 Å². The molecule has 7 heteroatoms. The number of nitrogens with two attached hydrogens (primary N) is 1. The van der Waals surface area contributed by atoms with E-state index in [2.05, 4.69) is 27.5 Å². The zero-order valence-corrected chi connectivity index (χ0v) is 15.1. The van der Waals surface area contributed by atoms with Gasteiger partial charge in [-0.25, -0.2) is 4.98 Å². The number of amides is 1. The predicted molar refractivity (Wildman–Crippen MR) is 97.7 cm³/mol. The first-order valence-corrected chi connectivity index (χ1v) is 9.33. The molecule has 1 heterocycles. The van der Waals surface area contributed by atoms with Gasteiger partial charge in [0.15, 0.2) is 0 Å². The molecule has 2 aliphatic rings. The van der Waals surface area contributed by atoms with Crippen LogP contribution in [0.15, 0.2) is 6.20 Å². The van der Waals surface area contributed by atoms with Crippen molar-refractivity contribution in [1.82, 2.24) is 9.97 Å². The molecule has 1 aromatic rings. The number of nitrogens with one attached hydrogen (secondary N) is 2. The monoisotopic (exact) mass is 347 g/mol. The minimum atomic E-state index is -0.500. The lowest BCUT2D eigenvalue weighted by atomic mass is 9.93. The first-order chi connectivity index (χ1) is 12.1. The zero-order chi connectivity index (χ0) is 17.8. The Morgan fingerprint density at radius 3 is 2.60 bits per heavy atom. The summed E-state index contributed by atoms with van der Waals surface area (Å²) in [6.45, 7) is 2.15. The number of carbonyl (C=O) groups is 1. The Kier molecular flexibility index (Phi) is 5.73. The van der Waals surface area contributed by atoms with E-state index in [0.29, 0.717) is 41.4 Å². The van der Waals surface area contributed by atoms with E-state index in [4.69, 9.17) is 10.5 Å². The number of hydrogen-bond donors (Lipinski definition) is 3. The molecule has 0 spiro atoms. The number of anilines is 2. The van der Waals surface area contributed by atoms with E-state index >= 15 is 0 Å². The van der Waals surface area contributed by atoms with Crippen molar-refractivity contribution in [3.05, 3.63) is 11.8 Å². The van der Waals surface area contributed by atoms with E-state index in [9.17, 15) is 4.79 Å². The maximum atomic E-state index is 11.7. The van der Waals surface area contributed by atoms with E-state index in [1.165, 1.54) is 19.0 Å². The van der Waals surface area contributed by atoms with Gasteiger partial charge in [0, 0.05) is 25.4 Å². The number of primary amides is 1. The lowest BCUT2D eigenvalue weighted by Gasteiger charge is -2.28. The molecule has 1 amide bonds. The van der Waals surface area contributed by atoms with Gasteiger partial charge >= 0.3 is 0 Å². The van der Waals surface area contributed by atoms with Crippen molar-refractivity contribution in [2.45, 2.75) is 70.1 Å². The van der Waals surface area contributed by atoms with Gasteiger partial charge in [-0.3, -0.25) is 4.79 Å². The molecular weight excluding hydrogens is 318 g/mol. The third-order valence-electron chi connectivity index (χ3n) is 5.35. The summed E-state index contributed by atoms with van der Waals surface area (Å²) in [5.74, 6) is 1.27. The summed E-state index contributed by atoms with van der Waals surface area (Å²) in [5, 5.41) is 6.82. The molecule has 3 rings (SSSR count). The molecule has 0 bridgehead atoms. The van der Waals surface area contributed by atoms with Crippen LogP contribution in [0.25, 0.3) is 0 Å². The molecule has 138 valence electrons. The van der Waals surface area contributed by atoms with Crippen molar-refractivity contribution in [1.29, 1.82) is 0 Å². The highest BCUT2D eigenvalue weighted by Gasteiger charge is 2.31. The Bertz CT molecular complexity index is 597. The van der Waals surface area contributed by atoms with Crippen LogP contribution in [-0.2, 0) is 4.74 Å². The molecule has 0 saturated heterocycles. The summed E-state index contributed by atoms with van der Waals surface area (Å²) < 4.78 is 5.41. The van der Waals surface area contributed by atoms with Crippen molar-refractivity contribution in [2.75, 3.05) is 17.7 Å². The Morgan fingerprint density at radius 1 is 1.32 bits per heavy atom. The average Bonchev–Trinajstić information content (AvgIpc) is 3.45. The fourth-order valence-electron chi connectivity index (χ4n) is 3.59. The Hall–Kier alpha value is -1.89. The SMILES string of the molecule is CC[C@H](Nc1nc(NC2CCC(OC)CC2)ncc1C(N)=O)C1CC1. The Balaban J connectivity index is 1.70. The van der Waals surface area contributed by atoms with Crippen LogP contribution in [0.5, 0.6) is 0 Å². The molecular formula is C18H29N5O2. The highest BCUT2D eigenvalue weighted by atomic mass is 16.5. The highest BCUT2D eigenvalue weighted by Crippen LogP contribution is 2.36. The molecule has 7 nitrogen and oxygen atoms in total. The van der Waals surface area contributed by atoms with E-state index < -0.39 is 5.91 Å². The smallest absolute Gasteiger partial charge is 0.254 e. The second-order valence-corrected chi connectivity index (χ2v) is 7.17. The number of rotatable bonds is 8. The number of hydrogen-bond acceptors (Lipinski definition) is 6. The number of methoxy groups -OCH3 is 1. The van der Waals surface area contributed by atoms with Gasteiger partial charge in [0.25, 0.3) is 5.91 Å². The molecule has 1 atom stereocenters. The van der Waals surface area contributed by atoms with Gasteiger partial charge < -0.3 is 21.1 Å². The van der Waals surface area contributed by atoms with Gasteiger partial charge in [-0.1, -0.05) is 6.92 Å². The van der Waals surface area contributed by atoms with Gasteiger partial charge in [-0.15, -0.1) is 0 Å². The molecule has 1 aromatic heterocycles. The molecule has 2 fully saturated rings. The standard InChI is InChI=1S/C18H29N5O2/c1-3-15(11-4-5-11)22-17-14(16(19)24)10-20-18(23-17)21-12-6-8-13(25-2)9-7-12/h10-13,15H,3-9H2,1-2H3,(H2,19,24)(H2,20,21,22,23)/t12?,13?,15-/m0/s1. The van der Waals surface area contributed by atoms with Crippen molar-refractivity contribution in [3.63, 3.8) is 0 Å². The first-order valence-electron chi connectivity index (χ1n) is 9.33. The lowest BCUT2D eigenvalue weighted by molar-refractivity contribution is 0.0681. The minimum absolute atomic E-state index is 0.331. The third kappa shape index (κ3) is 4.60. The molecule has 0 aliphatic heterocycles. The Labute approximate surface area is 149 Å². The fourth-order valence-corrected chi connectivity index (χ4v) is 3.59. The fraction of sp³-hybridized carbons (Fsp3) is 0.722. The van der Waals surface area contributed by atoms with Gasteiger partial charge in [0.05, 0.1) is 11.7 Å². The zero-order valence-electron chi connectivity index (χ0n) is 15.1. The van der Waals surface area contributed by atoms with Crippen LogP contribution in [0, 0.1) is 5.92 Å². The maximum absolute atomic E-state index is 11.7. The van der Waals surface area contributed by atoms with Crippen LogP contribution in [0.3, 0.4) is 0 Å². The molecule has 0 unspecified atom stereocenters. The summed E-state index contributed by atoms with van der Waals surface area (Å²) in [6, 6.07) is 0.669. The number of ether oxygens (including phenoxy) is 1. The number of aromatic nitrogens is 2. The normalized spacial score (nSPS) is 24.6. The first kappa shape index (κ1) is 17.9. The van der Waals surface area contributed by atoms with Crippen LogP contribution < -0.4 is 16.4 Å². The molecule has 2 aliphatic carbocycles. The molecule has 25 heavy (non-hydrogen) atoms. The van der Waals surface area contributed by atoms with Crippen LogP contribution in [-0.4, -0.2) is 41.2 Å². The highest BCUT2D eigenvalue weighted by molar-refractivity contribution is 5.97. The molecule has 4 N–H and O–H groups in total.